The number of halogens is 3. The van der Waals surface area contributed by atoms with Gasteiger partial charge in [0.1, 0.15) is 5.75 Å². The Balaban J connectivity index is 3.46. The highest BCUT2D eigenvalue weighted by Crippen LogP contribution is 2.35. The fourth-order valence-electron chi connectivity index (χ4n) is 1.13. The second kappa shape index (κ2) is 3.62. The van der Waals surface area contributed by atoms with Gasteiger partial charge < -0.3 is 5.11 Å². The molecule has 1 aromatic carbocycles. The maximum atomic E-state index is 13.1. The number of rotatable bonds is 1. The monoisotopic (exact) mass is 250 g/mol. The zero-order chi connectivity index (χ0) is 10.2. The molecule has 0 heterocycles. The van der Waals surface area contributed by atoms with Crippen LogP contribution in [0, 0.1) is 11.6 Å². The van der Waals surface area contributed by atoms with Crippen molar-refractivity contribution in [2.24, 2.45) is 0 Å². The van der Waals surface area contributed by atoms with E-state index in [2.05, 4.69) is 15.9 Å². The van der Waals surface area contributed by atoms with Crippen molar-refractivity contribution in [1.29, 1.82) is 0 Å². The maximum absolute atomic E-state index is 13.1. The lowest BCUT2D eigenvalue weighted by Crippen LogP contribution is -1.98. The van der Waals surface area contributed by atoms with E-state index >= 15 is 0 Å². The highest BCUT2D eigenvalue weighted by molar-refractivity contribution is 9.10. The minimum Gasteiger partial charge on any atom is -0.506 e. The molecule has 0 unspecified atom stereocenters. The summed E-state index contributed by atoms with van der Waals surface area (Å²) in [7, 11) is 0. The average molecular weight is 251 g/mol. The number of aromatic hydroxyl groups is 1. The van der Waals surface area contributed by atoms with Crippen LogP contribution >= 0.6 is 15.9 Å². The molecule has 1 rings (SSSR count). The third-order valence-electron chi connectivity index (χ3n) is 1.76. The van der Waals surface area contributed by atoms with E-state index in [1.54, 1.807) is 13.8 Å². The van der Waals surface area contributed by atoms with E-state index < -0.39 is 11.6 Å². The van der Waals surface area contributed by atoms with Crippen LogP contribution in [-0.4, -0.2) is 5.11 Å². The van der Waals surface area contributed by atoms with Crippen molar-refractivity contribution in [3.8, 4) is 5.75 Å². The highest BCUT2D eigenvalue weighted by Gasteiger charge is 2.18. The van der Waals surface area contributed by atoms with Gasteiger partial charge in [0.15, 0.2) is 11.6 Å². The van der Waals surface area contributed by atoms with E-state index in [0.29, 0.717) is 0 Å². The normalized spacial score (nSPS) is 10.9. The molecule has 0 bridgehead atoms. The van der Waals surface area contributed by atoms with Gasteiger partial charge in [-0.1, -0.05) is 13.8 Å². The third-order valence-corrected chi connectivity index (χ3v) is 2.36. The molecule has 0 aliphatic rings. The van der Waals surface area contributed by atoms with Crippen LogP contribution in [0.4, 0.5) is 8.78 Å². The molecule has 1 N–H and O–H groups in total. The molecule has 72 valence electrons. The predicted octanol–water partition coefficient (Wildman–Crippen LogP) is 3.56. The number of phenolic OH excluding ortho intramolecular Hbond substituents is 1. The number of hydrogen-bond acceptors (Lipinski definition) is 1. The van der Waals surface area contributed by atoms with Gasteiger partial charge in [-0.3, -0.25) is 0 Å². The summed E-state index contributed by atoms with van der Waals surface area (Å²) in [4.78, 5) is 0. The first-order valence-corrected chi connectivity index (χ1v) is 4.60. The Morgan fingerprint density at radius 1 is 1.38 bits per heavy atom. The van der Waals surface area contributed by atoms with Crippen molar-refractivity contribution in [3.63, 3.8) is 0 Å². The van der Waals surface area contributed by atoms with E-state index in [1.807, 2.05) is 0 Å². The maximum Gasteiger partial charge on any atom is 0.166 e. The van der Waals surface area contributed by atoms with Gasteiger partial charge in [0.25, 0.3) is 0 Å². The van der Waals surface area contributed by atoms with Gasteiger partial charge in [-0.2, -0.15) is 0 Å². The molecule has 0 aliphatic heterocycles. The Hall–Kier alpha value is -0.640. The zero-order valence-corrected chi connectivity index (χ0v) is 8.82. The van der Waals surface area contributed by atoms with Crippen LogP contribution in [0.3, 0.4) is 0 Å². The summed E-state index contributed by atoms with van der Waals surface area (Å²) in [6.07, 6.45) is 0. The van der Waals surface area contributed by atoms with Crippen LogP contribution in [0.2, 0.25) is 0 Å². The van der Waals surface area contributed by atoms with Crippen LogP contribution in [-0.2, 0) is 0 Å². The number of phenols is 1. The molecule has 0 fully saturated rings. The third kappa shape index (κ3) is 1.82. The van der Waals surface area contributed by atoms with E-state index in [0.717, 1.165) is 6.07 Å². The summed E-state index contributed by atoms with van der Waals surface area (Å²) >= 11 is 2.94. The van der Waals surface area contributed by atoms with E-state index in [-0.39, 0.29) is 21.7 Å². The zero-order valence-electron chi connectivity index (χ0n) is 7.24. The van der Waals surface area contributed by atoms with Crippen LogP contribution in [0.5, 0.6) is 5.75 Å². The molecule has 1 nitrogen and oxygen atoms in total. The molecule has 1 aromatic rings. The van der Waals surface area contributed by atoms with Gasteiger partial charge >= 0.3 is 0 Å². The molecule has 4 heteroatoms. The van der Waals surface area contributed by atoms with Crippen molar-refractivity contribution in [3.05, 3.63) is 27.7 Å². The summed E-state index contributed by atoms with van der Waals surface area (Å²) in [5, 5.41) is 9.42. The van der Waals surface area contributed by atoms with E-state index in [4.69, 9.17) is 0 Å². The molecule has 0 amide bonds. The lowest BCUT2D eigenvalue weighted by molar-refractivity contribution is 0.432. The minimum atomic E-state index is -0.976. The molecular formula is C9H9BrF2O. The van der Waals surface area contributed by atoms with Gasteiger partial charge in [0.05, 0.1) is 4.47 Å². The summed E-state index contributed by atoms with van der Waals surface area (Å²) < 4.78 is 26.2. The number of benzene rings is 1. The van der Waals surface area contributed by atoms with Gasteiger partial charge in [0, 0.05) is 5.56 Å². The average Bonchev–Trinajstić information content (AvgIpc) is 2.01. The van der Waals surface area contributed by atoms with Crippen LogP contribution < -0.4 is 0 Å². The summed E-state index contributed by atoms with van der Waals surface area (Å²) in [5.74, 6) is -2.41. The Morgan fingerprint density at radius 2 is 1.92 bits per heavy atom. The Bertz CT molecular complexity index is 311. The summed E-state index contributed by atoms with van der Waals surface area (Å²) in [6.45, 7) is 3.37. The van der Waals surface area contributed by atoms with Crippen molar-refractivity contribution in [2.45, 2.75) is 19.8 Å². The molecule has 0 aromatic heterocycles. The molecule has 0 saturated heterocycles. The van der Waals surface area contributed by atoms with Gasteiger partial charge in [-0.05, 0) is 27.9 Å². The Labute approximate surface area is 83.5 Å². The Kier molecular flexibility index (Phi) is 2.91. The molecule has 0 atom stereocenters. The molecule has 0 saturated carbocycles. The largest absolute Gasteiger partial charge is 0.506 e. The molecule has 0 aliphatic carbocycles. The topological polar surface area (TPSA) is 20.2 Å². The second-order valence-electron chi connectivity index (χ2n) is 3.07. The summed E-state index contributed by atoms with van der Waals surface area (Å²) in [5.41, 5.74) is 0.00637. The quantitative estimate of drug-likeness (QED) is 0.756. The van der Waals surface area contributed by atoms with Gasteiger partial charge in [-0.25, -0.2) is 8.78 Å². The standard InChI is InChI=1S/C9H9BrF2O/c1-4(2)7-8(12)6(11)3-5(10)9(7)13/h3-4,13H,1-2H3. The first-order valence-electron chi connectivity index (χ1n) is 3.81. The second-order valence-corrected chi connectivity index (χ2v) is 3.93. The highest BCUT2D eigenvalue weighted by atomic mass is 79.9. The van der Waals surface area contributed by atoms with Crippen molar-refractivity contribution in [1.82, 2.24) is 0 Å². The van der Waals surface area contributed by atoms with Crippen LogP contribution in [0.15, 0.2) is 10.5 Å². The fourth-order valence-corrected chi connectivity index (χ4v) is 1.55. The molecule has 13 heavy (non-hydrogen) atoms. The van der Waals surface area contributed by atoms with Crippen molar-refractivity contribution >= 4 is 15.9 Å². The number of hydrogen-bond donors (Lipinski definition) is 1. The van der Waals surface area contributed by atoms with E-state index in [1.165, 1.54) is 0 Å². The molecule has 0 radical (unpaired) electrons. The minimum absolute atomic E-state index is 0.00637. The van der Waals surface area contributed by atoms with Crippen LogP contribution in [0.1, 0.15) is 25.3 Å². The molecular weight excluding hydrogens is 242 g/mol. The smallest absolute Gasteiger partial charge is 0.166 e. The van der Waals surface area contributed by atoms with Gasteiger partial charge in [-0.15, -0.1) is 0 Å². The fraction of sp³-hybridized carbons (Fsp3) is 0.333. The Morgan fingerprint density at radius 3 is 2.38 bits per heavy atom. The summed E-state index contributed by atoms with van der Waals surface area (Å²) in [6, 6.07) is 0.913. The first-order chi connectivity index (χ1) is 5.95. The van der Waals surface area contributed by atoms with Gasteiger partial charge in [0.2, 0.25) is 0 Å². The molecule has 0 spiro atoms. The first kappa shape index (κ1) is 10.4. The predicted molar refractivity (Wildman–Crippen MR) is 49.8 cm³/mol. The lowest BCUT2D eigenvalue weighted by atomic mass is 10.0. The lowest BCUT2D eigenvalue weighted by Gasteiger charge is -2.11. The SMILES string of the molecule is CC(C)c1c(O)c(Br)cc(F)c1F. The van der Waals surface area contributed by atoms with Crippen molar-refractivity contribution in [2.75, 3.05) is 0 Å². The van der Waals surface area contributed by atoms with E-state index in [9.17, 15) is 13.9 Å². The van der Waals surface area contributed by atoms with Crippen LogP contribution in [0.25, 0.3) is 0 Å². The van der Waals surface area contributed by atoms with Crippen molar-refractivity contribution < 1.29 is 13.9 Å².